The standard InChI is InChI=1S/C22H28N6O5/c1-4-5-10-27-19(23)18(20(30)24-22(27)32)28(11-13(2)3)16(29)12-33-21(31)17-14-8-6-7-9-15(14)25-26-17/h6-9,13H,4-5,10-12,23H2,1-3H3,(H,25,26)(H,24,30,32). The molecule has 0 saturated heterocycles. The number of rotatable bonds is 9. The van der Waals surface area contributed by atoms with Crippen LogP contribution in [-0.4, -0.2) is 44.8 Å². The van der Waals surface area contributed by atoms with Crippen molar-refractivity contribution in [1.82, 2.24) is 19.7 Å². The number of carbonyl (C=O) groups excluding carboxylic acids is 2. The summed E-state index contributed by atoms with van der Waals surface area (Å²) in [5.41, 5.74) is 5.33. The minimum atomic E-state index is -0.778. The first kappa shape index (κ1) is 23.8. The monoisotopic (exact) mass is 456 g/mol. The van der Waals surface area contributed by atoms with Gasteiger partial charge < -0.3 is 15.4 Å². The van der Waals surface area contributed by atoms with Crippen molar-refractivity contribution in [3.8, 4) is 0 Å². The van der Waals surface area contributed by atoms with Crippen LogP contribution in [-0.2, 0) is 16.1 Å². The highest BCUT2D eigenvalue weighted by atomic mass is 16.5. The van der Waals surface area contributed by atoms with Gasteiger partial charge in [-0.2, -0.15) is 5.10 Å². The average molecular weight is 457 g/mol. The van der Waals surface area contributed by atoms with Gasteiger partial charge in [-0.3, -0.25) is 24.2 Å². The van der Waals surface area contributed by atoms with Gasteiger partial charge in [-0.15, -0.1) is 0 Å². The Morgan fingerprint density at radius 3 is 2.67 bits per heavy atom. The molecule has 0 bridgehead atoms. The Kier molecular flexibility index (Phi) is 7.31. The van der Waals surface area contributed by atoms with E-state index >= 15 is 0 Å². The van der Waals surface area contributed by atoms with Crippen LogP contribution in [0.4, 0.5) is 11.5 Å². The molecule has 1 amide bonds. The fraction of sp³-hybridized carbons (Fsp3) is 0.409. The second-order valence-corrected chi connectivity index (χ2v) is 8.09. The first-order valence-electron chi connectivity index (χ1n) is 10.8. The highest BCUT2D eigenvalue weighted by Gasteiger charge is 2.26. The Morgan fingerprint density at radius 1 is 1.24 bits per heavy atom. The molecule has 3 rings (SSSR count). The van der Waals surface area contributed by atoms with Crippen molar-refractivity contribution in [2.75, 3.05) is 23.8 Å². The Balaban J connectivity index is 1.87. The number of unbranched alkanes of at least 4 members (excludes halogenated alkanes) is 1. The molecule has 0 spiro atoms. The van der Waals surface area contributed by atoms with E-state index in [2.05, 4.69) is 15.2 Å². The van der Waals surface area contributed by atoms with Gasteiger partial charge in [-0.05, 0) is 18.4 Å². The lowest BCUT2D eigenvalue weighted by molar-refractivity contribution is -0.121. The quantitative estimate of drug-likeness (QED) is 0.413. The molecule has 2 heterocycles. The largest absolute Gasteiger partial charge is 0.451 e. The van der Waals surface area contributed by atoms with Crippen LogP contribution in [0.3, 0.4) is 0 Å². The second kappa shape index (κ2) is 10.2. The van der Waals surface area contributed by atoms with Gasteiger partial charge in [0, 0.05) is 18.5 Å². The van der Waals surface area contributed by atoms with E-state index in [1.807, 2.05) is 20.8 Å². The van der Waals surface area contributed by atoms with E-state index in [-0.39, 0.29) is 29.7 Å². The summed E-state index contributed by atoms with van der Waals surface area (Å²) in [6, 6.07) is 7.02. The summed E-state index contributed by atoms with van der Waals surface area (Å²) < 4.78 is 6.44. The lowest BCUT2D eigenvalue weighted by Gasteiger charge is -2.25. The van der Waals surface area contributed by atoms with Crippen LogP contribution in [0.15, 0.2) is 33.9 Å². The molecule has 0 saturated carbocycles. The summed E-state index contributed by atoms with van der Waals surface area (Å²) >= 11 is 0. The molecule has 0 aliphatic heterocycles. The average Bonchev–Trinajstić information content (AvgIpc) is 3.20. The number of nitrogens with one attached hydrogen (secondary N) is 2. The number of ether oxygens (including phenoxy) is 1. The lowest BCUT2D eigenvalue weighted by atomic mass is 10.2. The number of nitrogens with two attached hydrogens (primary N) is 1. The Hall–Kier alpha value is -3.89. The number of nitrogen functional groups attached to an aromatic ring is 1. The molecule has 0 aliphatic rings. The van der Waals surface area contributed by atoms with E-state index in [0.29, 0.717) is 23.9 Å². The normalized spacial score (nSPS) is 11.2. The zero-order valence-electron chi connectivity index (χ0n) is 18.9. The molecule has 0 fully saturated rings. The number of fused-ring (bicyclic) bond motifs is 1. The molecule has 0 atom stereocenters. The Morgan fingerprint density at radius 2 is 1.97 bits per heavy atom. The maximum atomic E-state index is 13.1. The highest BCUT2D eigenvalue weighted by Crippen LogP contribution is 2.20. The van der Waals surface area contributed by atoms with Crippen molar-refractivity contribution in [1.29, 1.82) is 0 Å². The molecule has 176 valence electrons. The number of aromatic amines is 2. The summed E-state index contributed by atoms with van der Waals surface area (Å²) in [6.45, 7) is 5.50. The number of aromatic nitrogens is 4. The number of amides is 1. The van der Waals surface area contributed by atoms with Crippen LogP contribution in [0.2, 0.25) is 0 Å². The van der Waals surface area contributed by atoms with E-state index in [1.165, 1.54) is 4.57 Å². The molecule has 3 aromatic rings. The van der Waals surface area contributed by atoms with Crippen molar-refractivity contribution in [2.45, 2.75) is 40.2 Å². The predicted octanol–water partition coefficient (Wildman–Crippen LogP) is 1.64. The SMILES string of the molecule is CCCCn1c(N)c(N(CC(C)C)C(=O)COC(=O)c2n[nH]c3ccccc23)c(=O)[nH]c1=O. The molecule has 11 nitrogen and oxygen atoms in total. The third kappa shape index (κ3) is 5.13. The van der Waals surface area contributed by atoms with Crippen molar-refractivity contribution >= 4 is 34.3 Å². The fourth-order valence-corrected chi connectivity index (χ4v) is 3.45. The summed E-state index contributed by atoms with van der Waals surface area (Å²) in [7, 11) is 0. The van der Waals surface area contributed by atoms with E-state index in [0.717, 1.165) is 11.3 Å². The number of esters is 1. The van der Waals surface area contributed by atoms with Gasteiger partial charge in [-0.1, -0.05) is 45.4 Å². The van der Waals surface area contributed by atoms with Crippen LogP contribution in [0, 0.1) is 5.92 Å². The molecule has 0 unspecified atom stereocenters. The van der Waals surface area contributed by atoms with Crippen molar-refractivity contribution in [3.63, 3.8) is 0 Å². The summed E-state index contributed by atoms with van der Waals surface area (Å²) in [5.74, 6) is -1.56. The van der Waals surface area contributed by atoms with Crippen molar-refractivity contribution < 1.29 is 14.3 Å². The van der Waals surface area contributed by atoms with Crippen molar-refractivity contribution in [3.05, 3.63) is 50.8 Å². The molecule has 4 N–H and O–H groups in total. The number of para-hydroxylation sites is 1. The number of H-pyrrole nitrogens is 2. The van der Waals surface area contributed by atoms with Gasteiger partial charge in [0.25, 0.3) is 11.5 Å². The van der Waals surface area contributed by atoms with Gasteiger partial charge in [-0.25, -0.2) is 9.59 Å². The molecule has 33 heavy (non-hydrogen) atoms. The zero-order valence-corrected chi connectivity index (χ0v) is 18.9. The van der Waals surface area contributed by atoms with Gasteiger partial charge >= 0.3 is 11.7 Å². The second-order valence-electron chi connectivity index (χ2n) is 8.09. The number of benzene rings is 1. The number of hydrogen-bond acceptors (Lipinski definition) is 7. The molecule has 2 aromatic heterocycles. The minimum absolute atomic E-state index is 0.0326. The summed E-state index contributed by atoms with van der Waals surface area (Å²) in [6.07, 6.45) is 1.48. The lowest BCUT2D eigenvalue weighted by Crippen LogP contribution is -2.44. The number of hydrogen-bond donors (Lipinski definition) is 3. The third-order valence-corrected chi connectivity index (χ3v) is 5.06. The molecule has 0 aliphatic carbocycles. The molecule has 1 aromatic carbocycles. The summed E-state index contributed by atoms with van der Waals surface area (Å²) in [5, 5.41) is 7.27. The Labute approximate surface area is 189 Å². The van der Waals surface area contributed by atoms with Gasteiger partial charge in [0.1, 0.15) is 5.82 Å². The number of nitrogens with zero attached hydrogens (tertiary/aromatic N) is 3. The third-order valence-electron chi connectivity index (χ3n) is 5.06. The van der Waals surface area contributed by atoms with Crippen LogP contribution >= 0.6 is 0 Å². The smallest absolute Gasteiger partial charge is 0.359 e. The highest BCUT2D eigenvalue weighted by molar-refractivity contribution is 6.03. The first-order chi connectivity index (χ1) is 15.7. The van der Waals surface area contributed by atoms with Crippen molar-refractivity contribution in [2.24, 2.45) is 5.92 Å². The fourth-order valence-electron chi connectivity index (χ4n) is 3.45. The Bertz CT molecular complexity index is 1270. The molecular weight excluding hydrogens is 428 g/mol. The van der Waals surface area contributed by atoms with Crippen LogP contribution in [0.5, 0.6) is 0 Å². The van der Waals surface area contributed by atoms with Gasteiger partial charge in [0.15, 0.2) is 18.0 Å². The zero-order chi connectivity index (χ0) is 24.1. The number of anilines is 2. The minimum Gasteiger partial charge on any atom is -0.451 e. The van der Waals surface area contributed by atoms with E-state index in [1.54, 1.807) is 24.3 Å². The van der Waals surface area contributed by atoms with Crippen LogP contribution < -0.4 is 21.9 Å². The first-order valence-corrected chi connectivity index (χ1v) is 10.8. The van der Waals surface area contributed by atoms with E-state index < -0.39 is 29.7 Å². The van der Waals surface area contributed by atoms with Gasteiger partial charge in [0.2, 0.25) is 0 Å². The van der Waals surface area contributed by atoms with E-state index in [4.69, 9.17) is 10.5 Å². The van der Waals surface area contributed by atoms with Crippen LogP contribution in [0.1, 0.15) is 44.1 Å². The van der Waals surface area contributed by atoms with Gasteiger partial charge in [0.05, 0.1) is 5.52 Å². The molecule has 0 radical (unpaired) electrons. The predicted molar refractivity (Wildman–Crippen MR) is 124 cm³/mol. The molecule has 11 heteroatoms. The number of carbonyl (C=O) groups is 2. The maximum absolute atomic E-state index is 13.1. The van der Waals surface area contributed by atoms with Crippen LogP contribution in [0.25, 0.3) is 10.9 Å². The van der Waals surface area contributed by atoms with E-state index in [9.17, 15) is 19.2 Å². The topological polar surface area (TPSA) is 156 Å². The summed E-state index contributed by atoms with van der Waals surface area (Å²) in [4.78, 5) is 53.8. The maximum Gasteiger partial charge on any atom is 0.359 e. The molecular formula is C22H28N6O5.